The van der Waals surface area contributed by atoms with E-state index >= 15 is 0 Å². The molecule has 8 heteroatoms. The van der Waals surface area contributed by atoms with Crippen LogP contribution in [0.3, 0.4) is 0 Å². The summed E-state index contributed by atoms with van der Waals surface area (Å²) in [5.41, 5.74) is -0.808. The molecule has 0 aliphatic heterocycles. The zero-order chi connectivity index (χ0) is 16.2. The first-order valence-corrected chi connectivity index (χ1v) is 6.05. The van der Waals surface area contributed by atoms with Crippen molar-refractivity contribution in [2.75, 3.05) is 11.4 Å². The molecule has 114 valence electrons. The molecule has 0 spiro atoms. The predicted molar refractivity (Wildman–Crippen MR) is 71.7 cm³/mol. The van der Waals surface area contributed by atoms with Gasteiger partial charge >= 0.3 is 6.09 Å². The van der Waals surface area contributed by atoms with Crippen molar-refractivity contribution in [3.63, 3.8) is 0 Å². The molecular formula is C13H15N2O6-. The molecule has 0 bridgehead atoms. The molecule has 0 unspecified atom stereocenters. The summed E-state index contributed by atoms with van der Waals surface area (Å²) >= 11 is 0. The van der Waals surface area contributed by atoms with Crippen LogP contribution in [0.4, 0.5) is 16.2 Å². The molecule has 0 N–H and O–H groups in total. The SMILES string of the molecule is CC(C)(C)OC(=O)N(CC(=O)[O-])c1ccc([N+](=O)[O-])cc1. The molecular weight excluding hydrogens is 280 g/mol. The van der Waals surface area contributed by atoms with Crippen LogP contribution in [0.2, 0.25) is 0 Å². The zero-order valence-electron chi connectivity index (χ0n) is 11.9. The highest BCUT2D eigenvalue weighted by atomic mass is 16.6. The average Bonchev–Trinajstić information content (AvgIpc) is 2.33. The smallest absolute Gasteiger partial charge is 0.415 e. The number of carbonyl (C=O) groups excluding carboxylic acids is 2. The maximum absolute atomic E-state index is 12.0. The highest BCUT2D eigenvalue weighted by Gasteiger charge is 2.24. The van der Waals surface area contributed by atoms with Gasteiger partial charge in [0.05, 0.1) is 17.4 Å². The molecule has 0 aromatic heterocycles. The van der Waals surface area contributed by atoms with Gasteiger partial charge in [0.1, 0.15) is 5.60 Å². The van der Waals surface area contributed by atoms with Gasteiger partial charge in [0, 0.05) is 17.8 Å². The van der Waals surface area contributed by atoms with E-state index in [0.29, 0.717) is 0 Å². The molecule has 21 heavy (non-hydrogen) atoms. The summed E-state index contributed by atoms with van der Waals surface area (Å²) in [6, 6.07) is 4.87. The van der Waals surface area contributed by atoms with E-state index in [-0.39, 0.29) is 11.4 Å². The lowest BCUT2D eigenvalue weighted by molar-refractivity contribution is -0.384. The van der Waals surface area contributed by atoms with Crippen molar-refractivity contribution in [2.45, 2.75) is 26.4 Å². The van der Waals surface area contributed by atoms with E-state index in [0.717, 1.165) is 4.90 Å². The van der Waals surface area contributed by atoms with Gasteiger partial charge in [-0.1, -0.05) is 0 Å². The van der Waals surface area contributed by atoms with Crippen LogP contribution in [0, 0.1) is 10.1 Å². The van der Waals surface area contributed by atoms with E-state index in [1.54, 1.807) is 20.8 Å². The van der Waals surface area contributed by atoms with Crippen LogP contribution in [-0.2, 0) is 9.53 Å². The number of benzene rings is 1. The second-order valence-electron chi connectivity index (χ2n) is 5.21. The first kappa shape index (κ1) is 16.4. The highest BCUT2D eigenvalue weighted by molar-refractivity contribution is 5.92. The third-order valence-electron chi connectivity index (χ3n) is 2.27. The second kappa shape index (κ2) is 6.21. The Balaban J connectivity index is 3.04. The largest absolute Gasteiger partial charge is 0.548 e. The number of carboxylic acids is 1. The Morgan fingerprint density at radius 1 is 1.24 bits per heavy atom. The molecule has 8 nitrogen and oxygen atoms in total. The Morgan fingerprint density at radius 3 is 2.14 bits per heavy atom. The number of amides is 1. The van der Waals surface area contributed by atoms with Crippen LogP contribution in [0.5, 0.6) is 0 Å². The Bertz CT molecular complexity index is 547. The first-order valence-electron chi connectivity index (χ1n) is 6.05. The van der Waals surface area contributed by atoms with Gasteiger partial charge in [-0.2, -0.15) is 0 Å². The molecule has 0 fully saturated rings. The Morgan fingerprint density at radius 2 is 1.76 bits per heavy atom. The van der Waals surface area contributed by atoms with E-state index in [1.807, 2.05) is 0 Å². The Kier molecular flexibility index (Phi) is 4.85. The number of hydrogen-bond donors (Lipinski definition) is 0. The van der Waals surface area contributed by atoms with Crippen LogP contribution in [-0.4, -0.2) is 29.1 Å². The second-order valence-corrected chi connectivity index (χ2v) is 5.21. The van der Waals surface area contributed by atoms with Crippen molar-refractivity contribution in [3.8, 4) is 0 Å². The molecule has 1 rings (SSSR count). The van der Waals surface area contributed by atoms with Gasteiger partial charge < -0.3 is 14.6 Å². The van der Waals surface area contributed by atoms with Gasteiger partial charge in [-0.25, -0.2) is 4.79 Å². The topological polar surface area (TPSA) is 113 Å². The van der Waals surface area contributed by atoms with Crippen molar-refractivity contribution >= 4 is 23.4 Å². The Labute approximate surface area is 121 Å². The zero-order valence-corrected chi connectivity index (χ0v) is 11.9. The number of anilines is 1. The summed E-state index contributed by atoms with van der Waals surface area (Å²) in [7, 11) is 0. The number of carboxylic acid groups (broad SMARTS) is 1. The number of nitro benzene ring substituents is 1. The monoisotopic (exact) mass is 295 g/mol. The van der Waals surface area contributed by atoms with Crippen molar-refractivity contribution in [1.29, 1.82) is 0 Å². The highest BCUT2D eigenvalue weighted by Crippen LogP contribution is 2.21. The lowest BCUT2D eigenvalue weighted by Crippen LogP contribution is -2.44. The van der Waals surface area contributed by atoms with Gasteiger partial charge in [-0.15, -0.1) is 0 Å². The number of carbonyl (C=O) groups is 2. The van der Waals surface area contributed by atoms with Gasteiger partial charge in [0.25, 0.3) is 5.69 Å². The van der Waals surface area contributed by atoms with E-state index in [9.17, 15) is 24.8 Å². The number of ether oxygens (including phenoxy) is 1. The molecule has 0 saturated carbocycles. The molecule has 1 aromatic rings. The Hall–Kier alpha value is -2.64. The van der Waals surface area contributed by atoms with Crippen LogP contribution in [0.1, 0.15) is 20.8 Å². The number of aliphatic carboxylic acids is 1. The minimum atomic E-state index is -1.47. The number of non-ortho nitro benzene ring substituents is 1. The lowest BCUT2D eigenvalue weighted by atomic mass is 10.2. The van der Waals surface area contributed by atoms with E-state index in [2.05, 4.69) is 0 Å². The van der Waals surface area contributed by atoms with Crippen LogP contribution in [0.15, 0.2) is 24.3 Å². The maximum Gasteiger partial charge on any atom is 0.415 e. The fraction of sp³-hybridized carbons (Fsp3) is 0.385. The van der Waals surface area contributed by atoms with E-state index in [1.165, 1.54) is 24.3 Å². The molecule has 0 aliphatic rings. The number of rotatable bonds is 4. The maximum atomic E-state index is 12.0. The van der Waals surface area contributed by atoms with Gasteiger partial charge in [0.15, 0.2) is 0 Å². The summed E-state index contributed by atoms with van der Waals surface area (Å²) < 4.78 is 5.09. The molecule has 1 aromatic carbocycles. The molecule has 0 atom stereocenters. The average molecular weight is 295 g/mol. The predicted octanol–water partition coefficient (Wildman–Crippen LogP) is 1.09. The van der Waals surface area contributed by atoms with Crippen LogP contribution in [0.25, 0.3) is 0 Å². The molecule has 0 saturated heterocycles. The first-order chi connectivity index (χ1) is 9.60. The van der Waals surface area contributed by atoms with E-state index < -0.39 is 29.1 Å². The minimum Gasteiger partial charge on any atom is -0.548 e. The summed E-state index contributed by atoms with van der Waals surface area (Å²) in [4.78, 5) is 33.6. The molecule has 0 radical (unpaired) electrons. The summed E-state index contributed by atoms with van der Waals surface area (Å²) in [5.74, 6) is -1.47. The fourth-order valence-corrected chi connectivity index (χ4v) is 1.46. The lowest BCUT2D eigenvalue weighted by Gasteiger charge is -2.27. The number of nitrogens with zero attached hydrogens (tertiary/aromatic N) is 2. The van der Waals surface area contributed by atoms with Crippen molar-refractivity contribution in [1.82, 2.24) is 0 Å². The standard InChI is InChI=1S/C13H16N2O6/c1-13(2,3)21-12(18)14(8-11(16)17)9-4-6-10(7-5-9)15(19)20/h4-7H,8H2,1-3H3,(H,16,17)/p-1. The van der Waals surface area contributed by atoms with Gasteiger partial charge in [0.2, 0.25) is 0 Å². The third kappa shape index (κ3) is 5.09. The van der Waals surface area contributed by atoms with E-state index in [4.69, 9.17) is 4.74 Å². The molecule has 0 heterocycles. The van der Waals surface area contributed by atoms with Gasteiger partial charge in [-0.05, 0) is 32.9 Å². The van der Waals surface area contributed by atoms with Crippen LogP contribution < -0.4 is 10.0 Å². The van der Waals surface area contributed by atoms with Crippen LogP contribution >= 0.6 is 0 Å². The summed E-state index contributed by atoms with van der Waals surface area (Å²) in [6.07, 6.45) is -0.874. The summed E-state index contributed by atoms with van der Waals surface area (Å²) in [6.45, 7) is 4.19. The molecule has 0 aliphatic carbocycles. The third-order valence-corrected chi connectivity index (χ3v) is 2.27. The quantitative estimate of drug-likeness (QED) is 0.606. The fourth-order valence-electron chi connectivity index (χ4n) is 1.46. The summed E-state index contributed by atoms with van der Waals surface area (Å²) in [5, 5.41) is 21.3. The molecule has 1 amide bonds. The van der Waals surface area contributed by atoms with Gasteiger partial charge in [-0.3, -0.25) is 15.0 Å². The normalized spacial score (nSPS) is 10.8. The van der Waals surface area contributed by atoms with Crippen molar-refractivity contribution in [2.24, 2.45) is 0 Å². The van der Waals surface area contributed by atoms with Crippen molar-refractivity contribution in [3.05, 3.63) is 34.4 Å². The number of nitro groups is 1. The number of hydrogen-bond acceptors (Lipinski definition) is 6. The minimum absolute atomic E-state index is 0.166. The van der Waals surface area contributed by atoms with Crippen molar-refractivity contribution < 1.29 is 24.4 Å².